The topological polar surface area (TPSA) is 69.0 Å². The number of nitrogens with one attached hydrogen (secondary N) is 1. The predicted molar refractivity (Wildman–Crippen MR) is 96.5 cm³/mol. The number of aryl methyl sites for hydroxylation is 1. The number of carbonyl (C=O) groups is 1. The van der Waals surface area contributed by atoms with E-state index in [9.17, 15) is 13.6 Å². The fourth-order valence-electron chi connectivity index (χ4n) is 2.69. The van der Waals surface area contributed by atoms with Crippen LogP contribution in [0.3, 0.4) is 0 Å². The van der Waals surface area contributed by atoms with Crippen molar-refractivity contribution in [2.45, 2.75) is 26.9 Å². The van der Waals surface area contributed by atoms with Crippen molar-refractivity contribution in [3.63, 3.8) is 0 Å². The van der Waals surface area contributed by atoms with Crippen LogP contribution < -0.4 is 10.1 Å². The van der Waals surface area contributed by atoms with Crippen LogP contribution in [0.15, 0.2) is 48.5 Å². The summed E-state index contributed by atoms with van der Waals surface area (Å²) in [5.74, 6) is -0.321. The van der Waals surface area contributed by atoms with Crippen molar-refractivity contribution in [3.05, 3.63) is 65.5 Å². The minimum absolute atomic E-state index is 0.0423. The average Bonchev–Trinajstić information content (AvgIpc) is 3.04. The Balaban J connectivity index is 1.81. The molecular weight excluding hydrogens is 354 g/mol. The Hall–Kier alpha value is -3.29. The van der Waals surface area contributed by atoms with E-state index >= 15 is 0 Å². The highest BCUT2D eigenvalue weighted by Gasteiger charge is 2.18. The first kappa shape index (κ1) is 18.5. The van der Waals surface area contributed by atoms with E-state index in [-0.39, 0.29) is 17.4 Å². The molecule has 0 unspecified atom stereocenters. The molecule has 1 N–H and O–H groups in total. The first-order valence-corrected chi connectivity index (χ1v) is 8.36. The van der Waals surface area contributed by atoms with E-state index in [4.69, 9.17) is 0 Å². The van der Waals surface area contributed by atoms with E-state index in [1.807, 2.05) is 31.2 Å². The van der Waals surface area contributed by atoms with E-state index in [1.165, 1.54) is 16.8 Å². The molecule has 8 heteroatoms. The standard InChI is InChI=1S/C19H18F2N4O2/c1-3-13-6-4-5-7-16(13)22-18(26)17-12(2)25(24-23-17)14-8-10-15(11-9-14)27-19(20)21/h4-11,19H,3H2,1-2H3,(H,22,26). The Morgan fingerprint density at radius 2 is 1.89 bits per heavy atom. The summed E-state index contributed by atoms with van der Waals surface area (Å²) in [5, 5.41) is 10.8. The number of aromatic nitrogens is 3. The number of hydrogen-bond acceptors (Lipinski definition) is 4. The third-order valence-electron chi connectivity index (χ3n) is 4.06. The van der Waals surface area contributed by atoms with Gasteiger partial charge in [0.2, 0.25) is 0 Å². The lowest BCUT2D eigenvalue weighted by molar-refractivity contribution is -0.0498. The average molecular weight is 372 g/mol. The van der Waals surface area contributed by atoms with Gasteiger partial charge < -0.3 is 10.1 Å². The summed E-state index contributed by atoms with van der Waals surface area (Å²) in [6.45, 7) is 0.836. The molecule has 0 fully saturated rings. The molecule has 3 rings (SSSR count). The number of para-hydroxylation sites is 1. The van der Waals surface area contributed by atoms with Crippen molar-refractivity contribution in [2.75, 3.05) is 5.32 Å². The molecule has 1 aromatic heterocycles. The number of ether oxygens (including phenoxy) is 1. The summed E-state index contributed by atoms with van der Waals surface area (Å²) in [5.41, 5.74) is 3.05. The number of benzene rings is 2. The number of alkyl halides is 2. The fourth-order valence-corrected chi connectivity index (χ4v) is 2.69. The van der Waals surface area contributed by atoms with E-state index in [1.54, 1.807) is 19.1 Å². The molecule has 1 amide bonds. The third kappa shape index (κ3) is 4.11. The zero-order valence-electron chi connectivity index (χ0n) is 14.8. The molecule has 0 saturated heterocycles. The fraction of sp³-hybridized carbons (Fsp3) is 0.211. The molecule has 0 atom stereocenters. The molecule has 3 aromatic rings. The highest BCUT2D eigenvalue weighted by molar-refractivity contribution is 6.04. The molecule has 140 valence electrons. The van der Waals surface area contributed by atoms with Gasteiger partial charge in [-0.05, 0) is 49.2 Å². The van der Waals surface area contributed by atoms with Crippen LogP contribution in [0, 0.1) is 6.92 Å². The molecule has 0 bridgehead atoms. The van der Waals surface area contributed by atoms with Crippen LogP contribution in [0.4, 0.5) is 14.5 Å². The number of carbonyl (C=O) groups excluding carboxylic acids is 1. The van der Waals surface area contributed by atoms with Crippen LogP contribution in [-0.2, 0) is 6.42 Å². The Morgan fingerprint density at radius 1 is 1.19 bits per heavy atom. The van der Waals surface area contributed by atoms with Crippen LogP contribution >= 0.6 is 0 Å². The van der Waals surface area contributed by atoms with Crippen molar-refractivity contribution in [1.29, 1.82) is 0 Å². The van der Waals surface area contributed by atoms with Crippen LogP contribution in [0.1, 0.15) is 28.7 Å². The monoisotopic (exact) mass is 372 g/mol. The van der Waals surface area contributed by atoms with Crippen molar-refractivity contribution in [2.24, 2.45) is 0 Å². The van der Waals surface area contributed by atoms with Gasteiger partial charge in [-0.2, -0.15) is 8.78 Å². The first-order chi connectivity index (χ1) is 13.0. The zero-order valence-corrected chi connectivity index (χ0v) is 14.8. The van der Waals surface area contributed by atoms with Crippen LogP contribution in [-0.4, -0.2) is 27.5 Å². The van der Waals surface area contributed by atoms with Gasteiger partial charge in [0.1, 0.15) is 5.75 Å². The second-order valence-corrected chi connectivity index (χ2v) is 5.77. The highest BCUT2D eigenvalue weighted by atomic mass is 19.3. The summed E-state index contributed by atoms with van der Waals surface area (Å²) >= 11 is 0. The quantitative estimate of drug-likeness (QED) is 0.710. The van der Waals surface area contributed by atoms with Crippen LogP contribution in [0.25, 0.3) is 5.69 Å². The number of nitrogens with zero attached hydrogens (tertiary/aromatic N) is 3. The number of amides is 1. The van der Waals surface area contributed by atoms with Crippen LogP contribution in [0.2, 0.25) is 0 Å². The molecular formula is C19H18F2N4O2. The lowest BCUT2D eigenvalue weighted by atomic mass is 10.1. The van der Waals surface area contributed by atoms with Gasteiger partial charge in [0.15, 0.2) is 5.69 Å². The lowest BCUT2D eigenvalue weighted by Gasteiger charge is -2.09. The molecule has 0 radical (unpaired) electrons. The maximum Gasteiger partial charge on any atom is 0.387 e. The Kier molecular flexibility index (Phi) is 5.44. The van der Waals surface area contributed by atoms with Crippen molar-refractivity contribution >= 4 is 11.6 Å². The smallest absolute Gasteiger partial charge is 0.387 e. The first-order valence-electron chi connectivity index (χ1n) is 8.36. The molecule has 0 saturated carbocycles. The largest absolute Gasteiger partial charge is 0.435 e. The summed E-state index contributed by atoms with van der Waals surface area (Å²) in [4.78, 5) is 12.6. The van der Waals surface area contributed by atoms with Crippen molar-refractivity contribution < 1.29 is 18.3 Å². The van der Waals surface area contributed by atoms with Gasteiger partial charge in [-0.15, -0.1) is 5.10 Å². The second-order valence-electron chi connectivity index (χ2n) is 5.77. The molecule has 1 heterocycles. The van der Waals surface area contributed by atoms with Gasteiger partial charge >= 0.3 is 6.61 Å². The van der Waals surface area contributed by atoms with E-state index in [0.717, 1.165) is 17.7 Å². The number of anilines is 1. The van der Waals surface area contributed by atoms with E-state index in [0.29, 0.717) is 11.4 Å². The van der Waals surface area contributed by atoms with Gasteiger partial charge in [0.05, 0.1) is 11.4 Å². The maximum atomic E-state index is 12.6. The summed E-state index contributed by atoms with van der Waals surface area (Å²) < 4.78 is 30.3. The highest BCUT2D eigenvalue weighted by Crippen LogP contribution is 2.20. The van der Waals surface area contributed by atoms with Crippen molar-refractivity contribution in [3.8, 4) is 11.4 Å². The SMILES string of the molecule is CCc1ccccc1NC(=O)c1nnn(-c2ccc(OC(F)F)cc2)c1C. The van der Waals surface area contributed by atoms with E-state index in [2.05, 4.69) is 20.4 Å². The molecule has 6 nitrogen and oxygen atoms in total. The zero-order chi connectivity index (χ0) is 19.4. The number of halogens is 2. The van der Waals surface area contributed by atoms with E-state index < -0.39 is 6.61 Å². The maximum absolute atomic E-state index is 12.6. The van der Waals surface area contributed by atoms with Crippen molar-refractivity contribution in [1.82, 2.24) is 15.0 Å². The molecule has 0 aliphatic heterocycles. The molecule has 0 spiro atoms. The number of rotatable bonds is 6. The van der Waals surface area contributed by atoms with Gasteiger partial charge in [0, 0.05) is 5.69 Å². The number of hydrogen-bond donors (Lipinski definition) is 1. The summed E-state index contributed by atoms with van der Waals surface area (Å²) in [7, 11) is 0. The van der Waals surface area contributed by atoms with Gasteiger partial charge in [-0.3, -0.25) is 4.79 Å². The normalized spacial score (nSPS) is 10.9. The van der Waals surface area contributed by atoms with Gasteiger partial charge in [0.25, 0.3) is 5.91 Å². The molecule has 0 aliphatic rings. The van der Waals surface area contributed by atoms with Gasteiger partial charge in [-0.1, -0.05) is 30.3 Å². The second kappa shape index (κ2) is 7.94. The minimum Gasteiger partial charge on any atom is -0.435 e. The lowest BCUT2D eigenvalue weighted by Crippen LogP contribution is -2.15. The Morgan fingerprint density at radius 3 is 2.56 bits per heavy atom. The minimum atomic E-state index is -2.88. The Labute approximate surface area is 154 Å². The predicted octanol–water partition coefficient (Wildman–Crippen LogP) is 3.99. The Bertz CT molecular complexity index is 939. The van der Waals surface area contributed by atoms with Crippen LogP contribution in [0.5, 0.6) is 5.75 Å². The molecule has 27 heavy (non-hydrogen) atoms. The third-order valence-corrected chi connectivity index (χ3v) is 4.06. The molecule has 0 aliphatic carbocycles. The molecule has 2 aromatic carbocycles. The summed E-state index contributed by atoms with van der Waals surface area (Å²) in [6.07, 6.45) is 0.787. The van der Waals surface area contributed by atoms with Gasteiger partial charge in [-0.25, -0.2) is 4.68 Å². The summed E-state index contributed by atoms with van der Waals surface area (Å²) in [6, 6.07) is 13.5.